The fraction of sp³-hybridized carbons (Fsp3) is 0.875. The van der Waals surface area contributed by atoms with Gasteiger partial charge < -0.3 is 26.6 Å². The molecule has 2 unspecified atom stereocenters. The van der Waals surface area contributed by atoms with Crippen LogP contribution in [-0.2, 0) is 9.59 Å². The summed E-state index contributed by atoms with van der Waals surface area (Å²) in [5, 5.41) is 9.26. The minimum absolute atomic E-state index is 0.0837. The molecule has 182 valence electrons. The minimum atomic E-state index is -0.615. The van der Waals surface area contributed by atoms with Gasteiger partial charge >= 0.3 is 6.03 Å². The number of rotatable bonds is 7. The van der Waals surface area contributed by atoms with Gasteiger partial charge in [0.2, 0.25) is 11.8 Å². The SMILES string of the molecule is CNC[C@@H](NC(=O)N[C@H](C(=O)N1CCC[C@H]1C(N)=O)C1CC2CCCCC2C1)C(C)(C)C. The van der Waals surface area contributed by atoms with E-state index in [1.807, 2.05) is 7.05 Å². The van der Waals surface area contributed by atoms with Crippen molar-refractivity contribution in [2.24, 2.45) is 28.9 Å². The molecule has 0 aromatic heterocycles. The van der Waals surface area contributed by atoms with Gasteiger partial charge in [-0.15, -0.1) is 0 Å². The monoisotopic (exact) mass is 449 g/mol. The van der Waals surface area contributed by atoms with E-state index in [0.29, 0.717) is 31.3 Å². The molecule has 2 saturated carbocycles. The Hall–Kier alpha value is -1.83. The van der Waals surface area contributed by atoms with E-state index >= 15 is 0 Å². The summed E-state index contributed by atoms with van der Waals surface area (Å²) in [4.78, 5) is 40.3. The molecule has 8 heteroatoms. The van der Waals surface area contributed by atoms with E-state index in [4.69, 9.17) is 5.73 Å². The van der Waals surface area contributed by atoms with Crippen LogP contribution in [-0.4, -0.2) is 61.0 Å². The zero-order valence-corrected chi connectivity index (χ0v) is 20.3. The normalized spacial score (nSPS) is 29.8. The van der Waals surface area contributed by atoms with Crippen LogP contribution in [0, 0.1) is 23.2 Å². The zero-order chi connectivity index (χ0) is 23.5. The molecule has 5 N–H and O–H groups in total. The molecule has 3 aliphatic rings. The molecular weight excluding hydrogens is 406 g/mol. The Labute approximate surface area is 192 Å². The highest BCUT2D eigenvalue weighted by molar-refractivity contribution is 5.92. The van der Waals surface area contributed by atoms with Gasteiger partial charge in [-0.3, -0.25) is 9.59 Å². The van der Waals surface area contributed by atoms with Crippen LogP contribution in [0.25, 0.3) is 0 Å². The largest absolute Gasteiger partial charge is 0.368 e. The summed E-state index contributed by atoms with van der Waals surface area (Å²) in [7, 11) is 1.86. The van der Waals surface area contributed by atoms with Gasteiger partial charge in [0.15, 0.2) is 0 Å². The molecule has 5 atom stereocenters. The van der Waals surface area contributed by atoms with Crippen molar-refractivity contribution >= 4 is 17.8 Å². The first kappa shape index (κ1) is 24.8. The second-order valence-corrected chi connectivity index (χ2v) is 11.2. The second-order valence-electron chi connectivity index (χ2n) is 11.2. The molecule has 0 spiro atoms. The van der Waals surface area contributed by atoms with Crippen LogP contribution < -0.4 is 21.7 Å². The first-order chi connectivity index (χ1) is 15.1. The van der Waals surface area contributed by atoms with Crippen LogP contribution in [0.5, 0.6) is 0 Å². The maximum absolute atomic E-state index is 13.7. The van der Waals surface area contributed by atoms with E-state index in [9.17, 15) is 14.4 Å². The van der Waals surface area contributed by atoms with Crippen LogP contribution in [0.3, 0.4) is 0 Å². The minimum Gasteiger partial charge on any atom is -0.368 e. The number of hydrogen-bond acceptors (Lipinski definition) is 4. The average molecular weight is 450 g/mol. The predicted octanol–water partition coefficient (Wildman–Crippen LogP) is 1.98. The number of nitrogens with two attached hydrogens (primary N) is 1. The highest BCUT2D eigenvalue weighted by Gasteiger charge is 2.45. The topological polar surface area (TPSA) is 117 Å². The van der Waals surface area contributed by atoms with Crippen LogP contribution in [0.1, 0.15) is 72.1 Å². The Balaban J connectivity index is 1.76. The lowest BCUT2D eigenvalue weighted by atomic mass is 9.82. The number of amides is 4. The van der Waals surface area contributed by atoms with Gasteiger partial charge in [-0.1, -0.05) is 46.5 Å². The number of carbonyl (C=O) groups excluding carboxylic acids is 3. The molecular formula is C24H43N5O3. The first-order valence-corrected chi connectivity index (χ1v) is 12.4. The third-order valence-electron chi connectivity index (χ3n) is 7.92. The van der Waals surface area contributed by atoms with Crippen LogP contribution >= 0.6 is 0 Å². The molecule has 2 aliphatic carbocycles. The van der Waals surface area contributed by atoms with E-state index in [1.54, 1.807) is 4.90 Å². The van der Waals surface area contributed by atoms with Gasteiger partial charge in [0.05, 0.1) is 0 Å². The number of hydrogen-bond donors (Lipinski definition) is 4. The fourth-order valence-corrected chi connectivity index (χ4v) is 6.06. The third-order valence-corrected chi connectivity index (χ3v) is 7.92. The Morgan fingerprint density at radius 1 is 1.00 bits per heavy atom. The van der Waals surface area contributed by atoms with E-state index in [1.165, 1.54) is 25.7 Å². The smallest absolute Gasteiger partial charge is 0.315 e. The molecule has 0 radical (unpaired) electrons. The average Bonchev–Trinajstić information content (AvgIpc) is 3.37. The van der Waals surface area contributed by atoms with Crippen molar-refractivity contribution in [2.75, 3.05) is 20.1 Å². The highest BCUT2D eigenvalue weighted by atomic mass is 16.2. The van der Waals surface area contributed by atoms with Gasteiger partial charge in [-0.2, -0.15) is 0 Å². The predicted molar refractivity (Wildman–Crippen MR) is 125 cm³/mol. The zero-order valence-electron chi connectivity index (χ0n) is 20.3. The lowest BCUT2D eigenvalue weighted by Gasteiger charge is -2.34. The quantitative estimate of drug-likeness (QED) is 0.475. The number of likely N-dealkylation sites (tertiary alicyclic amines) is 1. The van der Waals surface area contributed by atoms with E-state index in [2.05, 4.69) is 36.7 Å². The molecule has 3 fully saturated rings. The van der Waals surface area contributed by atoms with Crippen molar-refractivity contribution in [1.29, 1.82) is 0 Å². The highest BCUT2D eigenvalue weighted by Crippen LogP contribution is 2.46. The molecule has 4 amide bonds. The Bertz CT molecular complexity index is 678. The Kier molecular flexibility index (Phi) is 8.06. The van der Waals surface area contributed by atoms with Gasteiger partial charge in [0.25, 0.3) is 0 Å². The number of primary amides is 1. The van der Waals surface area contributed by atoms with Gasteiger partial charge in [0, 0.05) is 19.1 Å². The van der Waals surface area contributed by atoms with Crippen LogP contribution in [0.2, 0.25) is 0 Å². The number of likely N-dealkylation sites (N-methyl/N-ethyl adjacent to an activating group) is 1. The summed E-state index contributed by atoms with van der Waals surface area (Å²) in [6, 6.07) is -1.58. The van der Waals surface area contributed by atoms with Crippen LogP contribution in [0.4, 0.5) is 4.79 Å². The molecule has 1 aliphatic heterocycles. The maximum Gasteiger partial charge on any atom is 0.315 e. The first-order valence-electron chi connectivity index (χ1n) is 12.4. The Morgan fingerprint density at radius 2 is 1.62 bits per heavy atom. The summed E-state index contributed by atoms with van der Waals surface area (Å²) >= 11 is 0. The van der Waals surface area contributed by atoms with Gasteiger partial charge in [-0.05, 0) is 55.9 Å². The summed E-state index contributed by atoms with van der Waals surface area (Å²) in [5.41, 5.74) is 5.45. The lowest BCUT2D eigenvalue weighted by Crippen LogP contribution is -2.59. The Morgan fingerprint density at radius 3 is 2.16 bits per heavy atom. The van der Waals surface area contributed by atoms with Gasteiger partial charge in [0.1, 0.15) is 12.1 Å². The molecule has 32 heavy (non-hydrogen) atoms. The molecule has 0 bridgehead atoms. The maximum atomic E-state index is 13.7. The van der Waals surface area contributed by atoms with Crippen molar-refractivity contribution in [3.63, 3.8) is 0 Å². The van der Waals surface area contributed by atoms with Crippen molar-refractivity contribution in [1.82, 2.24) is 20.9 Å². The number of carbonyl (C=O) groups is 3. The molecule has 3 rings (SSSR count). The van der Waals surface area contributed by atoms with Crippen LogP contribution in [0.15, 0.2) is 0 Å². The molecule has 0 aromatic carbocycles. The molecule has 8 nitrogen and oxygen atoms in total. The molecule has 1 saturated heterocycles. The van der Waals surface area contributed by atoms with Crippen molar-refractivity contribution < 1.29 is 14.4 Å². The summed E-state index contributed by atoms with van der Waals surface area (Å²) in [5.74, 6) is 0.789. The number of nitrogens with one attached hydrogen (secondary N) is 3. The van der Waals surface area contributed by atoms with E-state index < -0.39 is 18.0 Å². The third kappa shape index (κ3) is 5.74. The number of nitrogens with zero attached hydrogens (tertiary/aromatic N) is 1. The van der Waals surface area contributed by atoms with Crippen molar-refractivity contribution in [2.45, 2.75) is 90.3 Å². The standard InChI is InChI=1S/C24H43N5O3/c1-24(2,3)19(14-26-4)27-23(32)28-20(17-12-15-8-5-6-9-16(15)13-17)22(31)29-11-7-10-18(29)21(25)30/h15-20,26H,5-14H2,1-4H3,(H2,25,30)(H2,27,28,32)/t15?,16?,17?,18-,19+,20-/m0/s1. The lowest BCUT2D eigenvalue weighted by molar-refractivity contribution is -0.139. The molecule has 0 aromatic rings. The summed E-state index contributed by atoms with van der Waals surface area (Å²) in [6.07, 6.45) is 8.26. The molecule has 1 heterocycles. The van der Waals surface area contributed by atoms with Gasteiger partial charge in [-0.25, -0.2) is 4.79 Å². The van der Waals surface area contributed by atoms with Crippen molar-refractivity contribution in [3.05, 3.63) is 0 Å². The second kappa shape index (κ2) is 10.4. The summed E-state index contributed by atoms with van der Waals surface area (Å²) in [6.45, 7) is 7.42. The number of urea groups is 1. The van der Waals surface area contributed by atoms with Crippen molar-refractivity contribution in [3.8, 4) is 0 Å². The summed E-state index contributed by atoms with van der Waals surface area (Å²) < 4.78 is 0. The number of fused-ring (bicyclic) bond motifs is 1. The van der Waals surface area contributed by atoms with E-state index in [-0.39, 0.29) is 29.3 Å². The van der Waals surface area contributed by atoms with E-state index in [0.717, 1.165) is 19.3 Å². The fourth-order valence-electron chi connectivity index (χ4n) is 6.06.